The summed E-state index contributed by atoms with van der Waals surface area (Å²) in [7, 11) is -7.99. The van der Waals surface area contributed by atoms with E-state index in [0.29, 0.717) is 5.92 Å². The number of hydrogen-bond donors (Lipinski definition) is 2. The van der Waals surface area contributed by atoms with E-state index in [1.807, 2.05) is 0 Å². The molecule has 1 aromatic carbocycles. The summed E-state index contributed by atoms with van der Waals surface area (Å²) < 4.78 is 50.5. The molecule has 0 unspecified atom stereocenters. The van der Waals surface area contributed by atoms with Crippen molar-refractivity contribution in [3.63, 3.8) is 0 Å². The van der Waals surface area contributed by atoms with Gasteiger partial charge in [0.05, 0.1) is 0 Å². The molecule has 1 fully saturated rings. The summed E-state index contributed by atoms with van der Waals surface area (Å²) in [5.41, 5.74) is 0. The highest BCUT2D eigenvalue weighted by atomic mass is 32.2. The lowest BCUT2D eigenvalue weighted by molar-refractivity contribution is 0.332. The van der Waals surface area contributed by atoms with E-state index in [1.165, 1.54) is 24.3 Å². The predicted molar refractivity (Wildman–Crippen MR) is 79.6 cm³/mol. The Morgan fingerprint density at radius 3 is 2.05 bits per heavy atom. The van der Waals surface area contributed by atoms with Gasteiger partial charge in [-0.25, -0.2) is 26.7 Å². The fourth-order valence-corrected chi connectivity index (χ4v) is 5.25. The second-order valence-corrected chi connectivity index (χ2v) is 8.78. The van der Waals surface area contributed by atoms with Crippen LogP contribution in [0.15, 0.2) is 34.1 Å². The van der Waals surface area contributed by atoms with Crippen molar-refractivity contribution in [1.29, 1.82) is 0 Å². The van der Waals surface area contributed by atoms with Crippen molar-refractivity contribution in [2.75, 3.05) is 0 Å². The summed E-state index contributed by atoms with van der Waals surface area (Å²) in [5.74, 6) is 0.599. The van der Waals surface area contributed by atoms with E-state index in [2.05, 4.69) is 11.6 Å². The standard InChI is InChI=1S/C13H20N2O4S2/c1-10-6-8-11(9-7-10)15-21(18,19)13-5-3-2-4-12(13)20(14,16)17/h2-5,10-11,15H,6-9H2,1H3,(H2,14,16,17). The van der Waals surface area contributed by atoms with Crippen LogP contribution in [-0.2, 0) is 20.0 Å². The molecule has 8 heteroatoms. The number of primary sulfonamides is 1. The topological polar surface area (TPSA) is 106 Å². The summed E-state index contributed by atoms with van der Waals surface area (Å²) in [6.45, 7) is 2.14. The lowest BCUT2D eigenvalue weighted by Crippen LogP contribution is -2.38. The molecular formula is C13H20N2O4S2. The Bertz CT molecular complexity index is 705. The zero-order valence-corrected chi connectivity index (χ0v) is 13.5. The number of rotatable bonds is 4. The third-order valence-corrected chi connectivity index (χ3v) is 6.46. The van der Waals surface area contributed by atoms with Crippen molar-refractivity contribution < 1.29 is 16.8 Å². The summed E-state index contributed by atoms with van der Waals surface area (Å²) in [6.07, 6.45) is 3.45. The molecule has 118 valence electrons. The van der Waals surface area contributed by atoms with Crippen LogP contribution in [0.25, 0.3) is 0 Å². The molecular weight excluding hydrogens is 312 g/mol. The third kappa shape index (κ3) is 4.03. The second kappa shape index (κ2) is 6.04. The Morgan fingerprint density at radius 2 is 1.52 bits per heavy atom. The molecule has 0 spiro atoms. The van der Waals surface area contributed by atoms with Gasteiger partial charge in [-0.2, -0.15) is 0 Å². The van der Waals surface area contributed by atoms with Crippen LogP contribution < -0.4 is 9.86 Å². The van der Waals surface area contributed by atoms with Crippen LogP contribution in [0.2, 0.25) is 0 Å². The number of benzene rings is 1. The fraction of sp³-hybridized carbons (Fsp3) is 0.538. The van der Waals surface area contributed by atoms with Gasteiger partial charge >= 0.3 is 0 Å². The van der Waals surface area contributed by atoms with E-state index in [0.717, 1.165) is 25.7 Å². The van der Waals surface area contributed by atoms with Crippen LogP contribution in [0.1, 0.15) is 32.6 Å². The minimum Gasteiger partial charge on any atom is -0.225 e. The average molecular weight is 332 g/mol. The van der Waals surface area contributed by atoms with Gasteiger partial charge in [-0.15, -0.1) is 0 Å². The van der Waals surface area contributed by atoms with E-state index < -0.39 is 20.0 Å². The molecule has 0 amide bonds. The maximum Gasteiger partial charge on any atom is 0.242 e. The van der Waals surface area contributed by atoms with Crippen molar-refractivity contribution >= 4 is 20.0 Å². The monoisotopic (exact) mass is 332 g/mol. The van der Waals surface area contributed by atoms with Gasteiger partial charge in [-0.1, -0.05) is 19.1 Å². The molecule has 0 radical (unpaired) electrons. The average Bonchev–Trinajstić information content (AvgIpc) is 2.40. The van der Waals surface area contributed by atoms with Gasteiger partial charge in [0, 0.05) is 6.04 Å². The maximum atomic E-state index is 12.4. The van der Waals surface area contributed by atoms with Crippen LogP contribution >= 0.6 is 0 Å². The van der Waals surface area contributed by atoms with E-state index >= 15 is 0 Å². The van der Waals surface area contributed by atoms with Crippen LogP contribution in [0.4, 0.5) is 0 Å². The molecule has 0 aliphatic heterocycles. The van der Waals surface area contributed by atoms with Gasteiger partial charge in [0.1, 0.15) is 9.79 Å². The number of nitrogens with one attached hydrogen (secondary N) is 1. The molecule has 0 heterocycles. The highest BCUT2D eigenvalue weighted by Gasteiger charge is 2.28. The van der Waals surface area contributed by atoms with E-state index in [-0.39, 0.29) is 15.8 Å². The van der Waals surface area contributed by atoms with E-state index in [9.17, 15) is 16.8 Å². The van der Waals surface area contributed by atoms with Gasteiger partial charge in [-0.05, 0) is 43.7 Å². The number of hydrogen-bond acceptors (Lipinski definition) is 4. The summed E-state index contributed by atoms with van der Waals surface area (Å²) in [4.78, 5) is -0.659. The quantitative estimate of drug-likeness (QED) is 0.863. The van der Waals surface area contributed by atoms with Gasteiger partial charge < -0.3 is 0 Å². The smallest absolute Gasteiger partial charge is 0.225 e. The Kier molecular flexibility index (Phi) is 4.72. The van der Waals surface area contributed by atoms with Crippen molar-refractivity contribution in [1.82, 2.24) is 4.72 Å². The summed E-state index contributed by atoms with van der Waals surface area (Å²) in [5, 5.41) is 5.09. The zero-order chi connectivity index (χ0) is 15.7. The molecule has 1 aliphatic rings. The van der Waals surface area contributed by atoms with Crippen LogP contribution in [-0.4, -0.2) is 22.9 Å². The predicted octanol–water partition coefficient (Wildman–Crippen LogP) is 1.19. The molecule has 0 saturated heterocycles. The molecule has 1 saturated carbocycles. The Hall–Kier alpha value is -0.960. The minimum atomic E-state index is -4.09. The van der Waals surface area contributed by atoms with Gasteiger partial charge in [0.15, 0.2) is 0 Å². The lowest BCUT2D eigenvalue weighted by atomic mass is 9.88. The molecule has 1 aliphatic carbocycles. The molecule has 3 N–H and O–H groups in total. The Balaban J connectivity index is 2.29. The first kappa shape index (κ1) is 16.4. The van der Waals surface area contributed by atoms with Crippen molar-refractivity contribution in [3.8, 4) is 0 Å². The summed E-state index contributed by atoms with van der Waals surface area (Å²) in [6, 6.07) is 5.23. The van der Waals surface area contributed by atoms with Gasteiger partial charge in [0.2, 0.25) is 20.0 Å². The van der Waals surface area contributed by atoms with E-state index in [1.54, 1.807) is 0 Å². The van der Waals surface area contributed by atoms with Crippen LogP contribution in [0, 0.1) is 5.92 Å². The Labute approximate surface area is 125 Å². The fourth-order valence-electron chi connectivity index (χ4n) is 2.57. The van der Waals surface area contributed by atoms with Crippen LogP contribution in [0.3, 0.4) is 0 Å². The molecule has 6 nitrogen and oxygen atoms in total. The van der Waals surface area contributed by atoms with Crippen molar-refractivity contribution in [3.05, 3.63) is 24.3 Å². The third-order valence-electron chi connectivity index (χ3n) is 3.78. The molecule has 2 rings (SSSR count). The summed E-state index contributed by atoms with van der Waals surface area (Å²) >= 11 is 0. The first-order chi connectivity index (χ1) is 9.70. The van der Waals surface area contributed by atoms with Gasteiger partial charge in [-0.3, -0.25) is 0 Å². The molecule has 0 bridgehead atoms. The highest BCUT2D eigenvalue weighted by molar-refractivity contribution is 7.92. The van der Waals surface area contributed by atoms with Crippen molar-refractivity contribution in [2.24, 2.45) is 11.1 Å². The molecule has 1 aromatic rings. The number of sulfonamides is 2. The first-order valence-corrected chi connectivity index (χ1v) is 9.87. The second-order valence-electron chi connectivity index (χ2n) is 5.57. The first-order valence-electron chi connectivity index (χ1n) is 6.84. The molecule has 0 aromatic heterocycles. The normalized spacial score (nSPS) is 23.9. The SMILES string of the molecule is CC1CCC(NS(=O)(=O)c2ccccc2S(N)(=O)=O)CC1. The molecule has 0 atom stereocenters. The van der Waals surface area contributed by atoms with E-state index in [4.69, 9.17) is 5.14 Å². The number of nitrogens with two attached hydrogens (primary N) is 1. The van der Waals surface area contributed by atoms with Crippen molar-refractivity contribution in [2.45, 2.75) is 48.4 Å². The minimum absolute atomic E-state index is 0.153. The maximum absolute atomic E-state index is 12.4. The lowest BCUT2D eigenvalue weighted by Gasteiger charge is -2.26. The highest BCUT2D eigenvalue weighted by Crippen LogP contribution is 2.26. The largest absolute Gasteiger partial charge is 0.242 e. The zero-order valence-electron chi connectivity index (χ0n) is 11.8. The van der Waals surface area contributed by atoms with Gasteiger partial charge in [0.25, 0.3) is 0 Å². The Morgan fingerprint density at radius 1 is 1.00 bits per heavy atom. The molecule has 21 heavy (non-hydrogen) atoms. The van der Waals surface area contributed by atoms with Crippen LogP contribution in [0.5, 0.6) is 0 Å².